The molecule has 0 heterocycles. The van der Waals surface area contributed by atoms with Crippen molar-refractivity contribution in [2.24, 2.45) is 0 Å². The molecule has 0 aliphatic carbocycles. The molecule has 0 fully saturated rings. The minimum atomic E-state index is -0.330. The minimum Gasteiger partial charge on any atom is -0.493 e. The second-order valence-corrected chi connectivity index (χ2v) is 6.85. The molecule has 154 valence electrons. The Morgan fingerprint density at radius 3 is 2.38 bits per heavy atom. The standard InChI is InChI=1S/C21H24BrN3O4/c1-4-10-23-21(27)25-16-8-6-15(7-9-16)24-20(26)14-12-17(22)19(29-11-5-2)18(13-14)28-3/h4,6-9,12-13H,1,5,10-11H2,2-3H3,(H,24,26)(H2,23,25,27). The number of urea groups is 1. The molecule has 0 atom stereocenters. The Balaban J connectivity index is 2.07. The number of rotatable bonds is 9. The highest BCUT2D eigenvalue weighted by Gasteiger charge is 2.16. The number of halogens is 1. The number of hydrogen-bond donors (Lipinski definition) is 3. The predicted octanol–water partition coefficient (Wildman–Crippen LogP) is 4.81. The van der Waals surface area contributed by atoms with Crippen molar-refractivity contribution in [1.82, 2.24) is 5.32 Å². The van der Waals surface area contributed by atoms with Gasteiger partial charge in [-0.1, -0.05) is 13.0 Å². The third kappa shape index (κ3) is 6.53. The van der Waals surface area contributed by atoms with E-state index >= 15 is 0 Å². The fourth-order valence-electron chi connectivity index (χ4n) is 2.38. The topological polar surface area (TPSA) is 88.7 Å². The summed E-state index contributed by atoms with van der Waals surface area (Å²) in [6.45, 7) is 6.47. The van der Waals surface area contributed by atoms with Gasteiger partial charge in [0.15, 0.2) is 11.5 Å². The van der Waals surface area contributed by atoms with Crippen LogP contribution in [-0.4, -0.2) is 32.2 Å². The molecule has 2 aromatic rings. The van der Waals surface area contributed by atoms with Gasteiger partial charge in [0.1, 0.15) is 0 Å². The number of nitrogens with one attached hydrogen (secondary N) is 3. The molecular formula is C21H24BrN3O4. The lowest BCUT2D eigenvalue weighted by atomic mass is 10.1. The van der Waals surface area contributed by atoms with Crippen LogP contribution in [0.15, 0.2) is 53.5 Å². The number of hydrogen-bond acceptors (Lipinski definition) is 4. The monoisotopic (exact) mass is 461 g/mol. The SMILES string of the molecule is C=CCNC(=O)Nc1ccc(NC(=O)c2cc(Br)c(OCCC)c(OC)c2)cc1. The van der Waals surface area contributed by atoms with Crippen molar-refractivity contribution < 1.29 is 19.1 Å². The normalized spacial score (nSPS) is 10.0. The Labute approximate surface area is 178 Å². The summed E-state index contributed by atoms with van der Waals surface area (Å²) in [6.07, 6.45) is 2.45. The van der Waals surface area contributed by atoms with Crippen LogP contribution < -0.4 is 25.4 Å². The number of ether oxygens (including phenoxy) is 2. The molecule has 0 aliphatic rings. The van der Waals surface area contributed by atoms with Gasteiger partial charge in [0, 0.05) is 23.5 Å². The first-order valence-corrected chi connectivity index (χ1v) is 9.85. The number of benzene rings is 2. The Morgan fingerprint density at radius 2 is 1.79 bits per heavy atom. The summed E-state index contributed by atoms with van der Waals surface area (Å²) in [5, 5.41) is 8.12. The second kappa shape index (κ2) is 11.1. The molecule has 0 bridgehead atoms. The van der Waals surface area contributed by atoms with E-state index in [1.54, 1.807) is 42.5 Å². The van der Waals surface area contributed by atoms with Crippen molar-refractivity contribution in [2.45, 2.75) is 13.3 Å². The van der Waals surface area contributed by atoms with Crippen LogP contribution in [0, 0.1) is 0 Å². The molecule has 0 spiro atoms. The summed E-state index contributed by atoms with van der Waals surface area (Å²) in [5.41, 5.74) is 1.61. The summed E-state index contributed by atoms with van der Waals surface area (Å²) < 4.78 is 11.7. The molecule has 29 heavy (non-hydrogen) atoms. The van der Waals surface area contributed by atoms with Gasteiger partial charge in [0.25, 0.3) is 5.91 Å². The van der Waals surface area contributed by atoms with Crippen LogP contribution in [0.1, 0.15) is 23.7 Å². The third-order valence-corrected chi connectivity index (χ3v) is 4.34. The molecule has 0 aromatic heterocycles. The zero-order chi connectivity index (χ0) is 21.2. The average Bonchev–Trinajstić information content (AvgIpc) is 2.72. The molecular weight excluding hydrogens is 438 g/mol. The Morgan fingerprint density at radius 1 is 1.14 bits per heavy atom. The summed E-state index contributed by atoms with van der Waals surface area (Å²) in [5.74, 6) is 0.745. The number of anilines is 2. The summed E-state index contributed by atoms with van der Waals surface area (Å²) in [4.78, 5) is 24.3. The Hall–Kier alpha value is -3.00. The van der Waals surface area contributed by atoms with E-state index in [9.17, 15) is 9.59 Å². The predicted molar refractivity (Wildman–Crippen MR) is 118 cm³/mol. The lowest BCUT2D eigenvalue weighted by Crippen LogP contribution is -2.28. The van der Waals surface area contributed by atoms with E-state index in [0.29, 0.717) is 46.1 Å². The number of carbonyl (C=O) groups excluding carboxylic acids is 2. The first-order valence-electron chi connectivity index (χ1n) is 9.06. The zero-order valence-electron chi connectivity index (χ0n) is 16.4. The van der Waals surface area contributed by atoms with Crippen LogP contribution in [0.25, 0.3) is 0 Å². The van der Waals surface area contributed by atoms with E-state index in [1.165, 1.54) is 7.11 Å². The number of methoxy groups -OCH3 is 1. The van der Waals surface area contributed by atoms with Crippen LogP contribution in [0.4, 0.5) is 16.2 Å². The van der Waals surface area contributed by atoms with Crippen LogP contribution in [-0.2, 0) is 0 Å². The zero-order valence-corrected chi connectivity index (χ0v) is 18.0. The smallest absolute Gasteiger partial charge is 0.319 e. The highest BCUT2D eigenvalue weighted by molar-refractivity contribution is 9.10. The van der Waals surface area contributed by atoms with Crippen LogP contribution >= 0.6 is 15.9 Å². The number of amides is 3. The quantitative estimate of drug-likeness (QED) is 0.467. The largest absolute Gasteiger partial charge is 0.493 e. The first kappa shape index (κ1) is 22.3. The average molecular weight is 462 g/mol. The molecule has 0 aliphatic heterocycles. The van der Waals surface area contributed by atoms with Crippen molar-refractivity contribution in [3.63, 3.8) is 0 Å². The van der Waals surface area contributed by atoms with Gasteiger partial charge in [-0.3, -0.25) is 4.79 Å². The van der Waals surface area contributed by atoms with Crippen molar-refractivity contribution >= 4 is 39.2 Å². The van der Waals surface area contributed by atoms with E-state index in [4.69, 9.17) is 9.47 Å². The highest BCUT2D eigenvalue weighted by atomic mass is 79.9. The van der Waals surface area contributed by atoms with Gasteiger partial charge >= 0.3 is 6.03 Å². The second-order valence-electron chi connectivity index (χ2n) is 5.99. The van der Waals surface area contributed by atoms with Gasteiger partial charge in [0.05, 0.1) is 18.2 Å². The highest BCUT2D eigenvalue weighted by Crippen LogP contribution is 2.37. The van der Waals surface area contributed by atoms with E-state index in [2.05, 4.69) is 38.5 Å². The van der Waals surface area contributed by atoms with E-state index < -0.39 is 0 Å². The number of carbonyl (C=O) groups is 2. The molecule has 2 aromatic carbocycles. The van der Waals surface area contributed by atoms with Crippen molar-refractivity contribution in [2.75, 3.05) is 30.9 Å². The van der Waals surface area contributed by atoms with Crippen molar-refractivity contribution in [3.8, 4) is 11.5 Å². The molecule has 0 saturated heterocycles. The summed E-state index contributed by atoms with van der Waals surface area (Å²) in [7, 11) is 1.53. The van der Waals surface area contributed by atoms with Gasteiger partial charge < -0.3 is 25.4 Å². The molecule has 0 saturated carbocycles. The molecule has 7 nitrogen and oxygen atoms in total. The maximum Gasteiger partial charge on any atom is 0.319 e. The molecule has 0 radical (unpaired) electrons. The van der Waals surface area contributed by atoms with Crippen LogP contribution in [0.3, 0.4) is 0 Å². The summed E-state index contributed by atoms with van der Waals surface area (Å²) >= 11 is 3.44. The minimum absolute atomic E-state index is 0.296. The van der Waals surface area contributed by atoms with E-state index in [1.807, 2.05) is 6.92 Å². The maximum absolute atomic E-state index is 12.6. The summed E-state index contributed by atoms with van der Waals surface area (Å²) in [6, 6.07) is 9.78. The van der Waals surface area contributed by atoms with Crippen LogP contribution in [0.5, 0.6) is 11.5 Å². The van der Waals surface area contributed by atoms with Crippen molar-refractivity contribution in [3.05, 3.63) is 59.1 Å². The fraction of sp³-hybridized carbons (Fsp3) is 0.238. The molecule has 0 unspecified atom stereocenters. The van der Waals surface area contributed by atoms with Gasteiger partial charge in [-0.05, 0) is 58.7 Å². The fourth-order valence-corrected chi connectivity index (χ4v) is 2.93. The van der Waals surface area contributed by atoms with Gasteiger partial charge in [-0.15, -0.1) is 6.58 Å². The van der Waals surface area contributed by atoms with E-state index in [-0.39, 0.29) is 11.9 Å². The van der Waals surface area contributed by atoms with Gasteiger partial charge in [-0.2, -0.15) is 0 Å². The van der Waals surface area contributed by atoms with Crippen molar-refractivity contribution in [1.29, 1.82) is 0 Å². The molecule has 3 N–H and O–H groups in total. The van der Waals surface area contributed by atoms with Crippen LogP contribution in [0.2, 0.25) is 0 Å². The first-order chi connectivity index (χ1) is 14.0. The lowest BCUT2D eigenvalue weighted by molar-refractivity contribution is 0.102. The van der Waals surface area contributed by atoms with Gasteiger partial charge in [-0.25, -0.2) is 4.79 Å². The molecule has 2 rings (SSSR count). The Bertz CT molecular complexity index is 869. The maximum atomic E-state index is 12.6. The lowest BCUT2D eigenvalue weighted by Gasteiger charge is -2.14. The van der Waals surface area contributed by atoms with E-state index in [0.717, 1.165) is 6.42 Å². The third-order valence-electron chi connectivity index (χ3n) is 3.75. The molecule has 8 heteroatoms. The molecule has 3 amide bonds. The Kier molecular flexibility index (Phi) is 8.54. The van der Waals surface area contributed by atoms with Gasteiger partial charge in [0.2, 0.25) is 0 Å².